The van der Waals surface area contributed by atoms with Gasteiger partial charge >= 0.3 is 0 Å². The molecule has 0 bridgehead atoms. The van der Waals surface area contributed by atoms with Crippen molar-refractivity contribution in [1.29, 1.82) is 0 Å². The number of benzene rings is 2. The fourth-order valence-corrected chi connectivity index (χ4v) is 4.40. The maximum Gasteiger partial charge on any atom is 0.0395 e. The monoisotopic (exact) mass is 408 g/mol. The predicted molar refractivity (Wildman–Crippen MR) is 135 cm³/mol. The fourth-order valence-electron chi connectivity index (χ4n) is 4.40. The quantitative estimate of drug-likeness (QED) is 0.230. The zero-order chi connectivity index (χ0) is 21.6. The highest BCUT2D eigenvalue weighted by Gasteiger charge is 2.13. The van der Waals surface area contributed by atoms with Crippen molar-refractivity contribution >= 4 is 11.4 Å². The van der Waals surface area contributed by atoms with Crippen LogP contribution in [0.1, 0.15) is 102 Å². The molecule has 2 heteroatoms. The molecule has 0 saturated heterocycles. The smallest absolute Gasteiger partial charge is 0.0395 e. The molecule has 166 valence electrons. The zero-order valence-electron chi connectivity index (χ0n) is 19.5. The van der Waals surface area contributed by atoms with Crippen LogP contribution >= 0.6 is 0 Å². The zero-order valence-corrected chi connectivity index (χ0v) is 19.5. The highest BCUT2D eigenvalue weighted by Crippen LogP contribution is 2.34. The summed E-state index contributed by atoms with van der Waals surface area (Å²) in [6, 6.07) is 12.7. The Balaban J connectivity index is 2.13. The van der Waals surface area contributed by atoms with Crippen LogP contribution in [0.5, 0.6) is 0 Å². The van der Waals surface area contributed by atoms with Crippen molar-refractivity contribution in [3.63, 3.8) is 0 Å². The summed E-state index contributed by atoms with van der Waals surface area (Å²) < 4.78 is 0. The molecule has 2 aromatic rings. The van der Waals surface area contributed by atoms with Gasteiger partial charge in [0.1, 0.15) is 0 Å². The van der Waals surface area contributed by atoms with Gasteiger partial charge in [-0.1, -0.05) is 96.3 Å². The summed E-state index contributed by atoms with van der Waals surface area (Å²) >= 11 is 0. The lowest BCUT2D eigenvalue weighted by Gasteiger charge is -2.17. The molecule has 0 unspecified atom stereocenters. The van der Waals surface area contributed by atoms with Gasteiger partial charge in [-0.2, -0.15) is 0 Å². The van der Waals surface area contributed by atoms with Gasteiger partial charge in [0.05, 0.1) is 0 Å². The molecule has 2 aromatic carbocycles. The number of nitrogens with two attached hydrogens (primary N) is 2. The Morgan fingerprint density at radius 3 is 1.87 bits per heavy atom. The van der Waals surface area contributed by atoms with E-state index >= 15 is 0 Å². The van der Waals surface area contributed by atoms with Gasteiger partial charge in [0.25, 0.3) is 0 Å². The molecule has 0 heterocycles. The van der Waals surface area contributed by atoms with Crippen molar-refractivity contribution in [3.05, 3.63) is 47.5 Å². The van der Waals surface area contributed by atoms with Crippen LogP contribution in [0.2, 0.25) is 0 Å². The summed E-state index contributed by atoms with van der Waals surface area (Å²) in [7, 11) is 0. The first kappa shape index (κ1) is 24.3. The molecule has 0 atom stereocenters. The molecule has 0 amide bonds. The van der Waals surface area contributed by atoms with Gasteiger partial charge in [0.15, 0.2) is 0 Å². The number of hydrogen-bond donors (Lipinski definition) is 2. The van der Waals surface area contributed by atoms with E-state index in [0.29, 0.717) is 0 Å². The van der Waals surface area contributed by atoms with E-state index in [-0.39, 0.29) is 0 Å². The van der Waals surface area contributed by atoms with Crippen molar-refractivity contribution in [2.75, 3.05) is 11.5 Å². The summed E-state index contributed by atoms with van der Waals surface area (Å²) in [4.78, 5) is 0. The Labute approximate surface area is 185 Å². The summed E-state index contributed by atoms with van der Waals surface area (Å²) in [5.74, 6) is 0. The number of unbranched alkanes of at least 4 members (excludes halogenated alkanes) is 10. The fraction of sp³-hybridized carbons (Fsp3) is 0.571. The van der Waals surface area contributed by atoms with E-state index in [1.807, 2.05) is 18.2 Å². The van der Waals surface area contributed by atoms with E-state index in [9.17, 15) is 0 Å². The number of hydrogen-bond acceptors (Lipinski definition) is 2. The maximum atomic E-state index is 6.36. The van der Waals surface area contributed by atoms with Crippen LogP contribution in [-0.2, 0) is 12.8 Å². The number of rotatable bonds is 15. The Kier molecular flexibility index (Phi) is 11.4. The van der Waals surface area contributed by atoms with Gasteiger partial charge in [-0.3, -0.25) is 0 Å². The third kappa shape index (κ3) is 8.05. The van der Waals surface area contributed by atoms with Crippen LogP contribution in [0.15, 0.2) is 36.4 Å². The topological polar surface area (TPSA) is 52.0 Å². The van der Waals surface area contributed by atoms with Crippen LogP contribution in [0.4, 0.5) is 11.4 Å². The lowest BCUT2D eigenvalue weighted by Crippen LogP contribution is -2.01. The summed E-state index contributed by atoms with van der Waals surface area (Å²) in [5.41, 5.74) is 19.5. The summed E-state index contributed by atoms with van der Waals surface area (Å²) in [6.07, 6.45) is 18.3. The average Bonchev–Trinajstić information content (AvgIpc) is 2.75. The van der Waals surface area contributed by atoms with Crippen molar-refractivity contribution in [3.8, 4) is 11.1 Å². The predicted octanol–water partition coefficient (Wildman–Crippen LogP) is 8.32. The van der Waals surface area contributed by atoms with Gasteiger partial charge in [-0.05, 0) is 60.6 Å². The van der Waals surface area contributed by atoms with Crippen LogP contribution in [0.25, 0.3) is 11.1 Å². The SMILES string of the molecule is CCCCCCCCc1cccc(-c2cc(N)ccc2N)c1CCCCCCCC. The second kappa shape index (κ2) is 14.1. The molecule has 4 N–H and O–H groups in total. The molecule has 0 fully saturated rings. The van der Waals surface area contributed by atoms with Crippen molar-refractivity contribution in [2.24, 2.45) is 0 Å². The molecule has 0 aliphatic rings. The van der Waals surface area contributed by atoms with E-state index in [2.05, 4.69) is 32.0 Å². The van der Waals surface area contributed by atoms with Gasteiger partial charge in [-0.25, -0.2) is 0 Å². The Hall–Kier alpha value is -1.96. The van der Waals surface area contributed by atoms with Crippen LogP contribution in [-0.4, -0.2) is 0 Å². The van der Waals surface area contributed by atoms with E-state index in [4.69, 9.17) is 11.5 Å². The molecule has 0 aromatic heterocycles. The van der Waals surface area contributed by atoms with Crippen molar-refractivity contribution in [1.82, 2.24) is 0 Å². The van der Waals surface area contributed by atoms with Crippen molar-refractivity contribution < 1.29 is 0 Å². The Morgan fingerprint density at radius 1 is 0.600 bits per heavy atom. The molecule has 2 rings (SSSR count). The first-order valence-electron chi connectivity index (χ1n) is 12.4. The molecule has 2 nitrogen and oxygen atoms in total. The Bertz CT molecular complexity index is 735. The molecule has 0 radical (unpaired) electrons. The third-order valence-corrected chi connectivity index (χ3v) is 6.22. The normalized spacial score (nSPS) is 11.1. The van der Waals surface area contributed by atoms with Crippen LogP contribution in [0.3, 0.4) is 0 Å². The maximum absolute atomic E-state index is 6.36. The third-order valence-electron chi connectivity index (χ3n) is 6.22. The van der Waals surface area contributed by atoms with E-state index in [0.717, 1.165) is 23.4 Å². The first-order chi connectivity index (χ1) is 14.7. The lowest BCUT2D eigenvalue weighted by molar-refractivity contribution is 0.599. The second-order valence-corrected chi connectivity index (χ2v) is 8.83. The van der Waals surface area contributed by atoms with Gasteiger partial charge in [-0.15, -0.1) is 0 Å². The van der Waals surface area contributed by atoms with Gasteiger partial charge in [0.2, 0.25) is 0 Å². The minimum absolute atomic E-state index is 0.783. The summed E-state index contributed by atoms with van der Waals surface area (Å²) in [6.45, 7) is 4.56. The molecular weight excluding hydrogens is 364 g/mol. The standard InChI is InChI=1S/C28H44N2/c1-3-5-7-9-11-13-16-23-17-15-19-26(27-22-24(29)20-21-28(27)30)25(23)18-14-12-10-8-6-4-2/h15,17,19-22H,3-14,16,18,29-30H2,1-2H3. The molecule has 0 saturated carbocycles. The Morgan fingerprint density at radius 2 is 1.20 bits per heavy atom. The van der Waals surface area contributed by atoms with Gasteiger partial charge < -0.3 is 11.5 Å². The number of anilines is 2. The number of nitrogen functional groups attached to an aromatic ring is 2. The minimum atomic E-state index is 0.783. The lowest BCUT2D eigenvalue weighted by atomic mass is 9.88. The molecule has 0 aliphatic carbocycles. The van der Waals surface area contributed by atoms with E-state index in [1.54, 1.807) is 0 Å². The highest BCUT2D eigenvalue weighted by atomic mass is 14.6. The molecule has 30 heavy (non-hydrogen) atoms. The van der Waals surface area contributed by atoms with Gasteiger partial charge in [0, 0.05) is 16.9 Å². The highest BCUT2D eigenvalue weighted by molar-refractivity contribution is 5.81. The molecule has 0 spiro atoms. The first-order valence-corrected chi connectivity index (χ1v) is 12.4. The minimum Gasteiger partial charge on any atom is -0.399 e. The van der Waals surface area contributed by atoms with Crippen molar-refractivity contribution in [2.45, 2.75) is 104 Å². The molecular formula is C28H44N2. The largest absolute Gasteiger partial charge is 0.399 e. The van der Waals surface area contributed by atoms with Crippen LogP contribution < -0.4 is 11.5 Å². The molecule has 0 aliphatic heterocycles. The average molecular weight is 409 g/mol. The summed E-state index contributed by atoms with van der Waals surface area (Å²) in [5, 5.41) is 0. The van der Waals surface area contributed by atoms with E-state index < -0.39 is 0 Å². The van der Waals surface area contributed by atoms with E-state index in [1.165, 1.54) is 100 Å². The second-order valence-electron chi connectivity index (χ2n) is 8.83. The number of aryl methyl sites for hydroxylation is 1. The van der Waals surface area contributed by atoms with Crippen LogP contribution in [0, 0.1) is 0 Å².